The van der Waals surface area contributed by atoms with E-state index in [9.17, 15) is 5.11 Å². The van der Waals surface area contributed by atoms with Gasteiger partial charge in [0.05, 0.1) is 17.7 Å². The Morgan fingerprint density at radius 1 is 1.21 bits per heavy atom. The lowest BCUT2D eigenvalue weighted by Gasteiger charge is -2.11. The van der Waals surface area contributed by atoms with Crippen molar-refractivity contribution in [2.45, 2.75) is 19.6 Å². The first kappa shape index (κ1) is 13.9. The standard InChI is InChI=1S/C15H15ClO3/c1-10(18)12-5-6-15(14(16)8-12)19-13-4-2-3-11(7-13)9-17/h2-8,10,17-18H,9H2,1H3/t10-/m0/s1. The molecule has 3 nitrogen and oxygen atoms in total. The lowest BCUT2D eigenvalue weighted by molar-refractivity contribution is 0.199. The molecule has 0 aliphatic carbocycles. The molecule has 2 aromatic rings. The summed E-state index contributed by atoms with van der Waals surface area (Å²) in [6, 6.07) is 12.3. The maximum atomic E-state index is 9.47. The molecule has 19 heavy (non-hydrogen) atoms. The van der Waals surface area contributed by atoms with Crippen molar-refractivity contribution < 1.29 is 14.9 Å². The normalized spacial score (nSPS) is 12.2. The van der Waals surface area contributed by atoms with E-state index in [1.54, 1.807) is 43.3 Å². The van der Waals surface area contributed by atoms with Crippen LogP contribution >= 0.6 is 11.6 Å². The van der Waals surface area contributed by atoms with Crippen LogP contribution in [-0.2, 0) is 6.61 Å². The molecule has 0 bridgehead atoms. The van der Waals surface area contributed by atoms with E-state index in [1.165, 1.54) is 0 Å². The van der Waals surface area contributed by atoms with Crippen LogP contribution in [0, 0.1) is 0 Å². The smallest absolute Gasteiger partial charge is 0.146 e. The van der Waals surface area contributed by atoms with Gasteiger partial charge < -0.3 is 14.9 Å². The lowest BCUT2D eigenvalue weighted by atomic mass is 10.1. The third kappa shape index (κ3) is 3.47. The van der Waals surface area contributed by atoms with Gasteiger partial charge in [0.1, 0.15) is 11.5 Å². The third-order valence-corrected chi connectivity index (χ3v) is 3.04. The molecular weight excluding hydrogens is 264 g/mol. The monoisotopic (exact) mass is 278 g/mol. The molecule has 0 aliphatic heterocycles. The number of hydrogen-bond donors (Lipinski definition) is 2. The van der Waals surface area contributed by atoms with Crippen LogP contribution < -0.4 is 4.74 Å². The van der Waals surface area contributed by atoms with E-state index in [0.29, 0.717) is 16.5 Å². The minimum absolute atomic E-state index is 0.0358. The van der Waals surface area contributed by atoms with Crippen LogP contribution in [0.1, 0.15) is 24.2 Å². The lowest BCUT2D eigenvalue weighted by Crippen LogP contribution is -1.92. The fraction of sp³-hybridized carbons (Fsp3) is 0.200. The zero-order chi connectivity index (χ0) is 13.8. The molecule has 0 amide bonds. The van der Waals surface area contributed by atoms with E-state index in [2.05, 4.69) is 0 Å². The van der Waals surface area contributed by atoms with Crippen molar-refractivity contribution >= 4 is 11.6 Å². The summed E-state index contributed by atoms with van der Waals surface area (Å²) in [4.78, 5) is 0. The average Bonchev–Trinajstić information content (AvgIpc) is 2.41. The molecule has 0 radical (unpaired) electrons. The predicted octanol–water partition coefficient (Wildman–Crippen LogP) is 3.68. The fourth-order valence-corrected chi connectivity index (χ4v) is 1.92. The number of aliphatic hydroxyl groups is 2. The van der Waals surface area contributed by atoms with E-state index in [-0.39, 0.29) is 6.61 Å². The molecular formula is C15H15ClO3. The van der Waals surface area contributed by atoms with E-state index in [1.807, 2.05) is 6.07 Å². The third-order valence-electron chi connectivity index (χ3n) is 2.75. The van der Waals surface area contributed by atoms with Gasteiger partial charge in [-0.25, -0.2) is 0 Å². The van der Waals surface area contributed by atoms with Gasteiger partial charge in [0.2, 0.25) is 0 Å². The molecule has 0 spiro atoms. The minimum atomic E-state index is -0.565. The molecule has 0 unspecified atom stereocenters. The summed E-state index contributed by atoms with van der Waals surface area (Å²) in [5.41, 5.74) is 1.51. The number of aliphatic hydroxyl groups excluding tert-OH is 2. The largest absolute Gasteiger partial charge is 0.456 e. The molecule has 1 atom stereocenters. The van der Waals surface area contributed by atoms with Gasteiger partial charge in [-0.2, -0.15) is 0 Å². The van der Waals surface area contributed by atoms with Crippen molar-refractivity contribution in [2.75, 3.05) is 0 Å². The van der Waals surface area contributed by atoms with Crippen LogP contribution in [0.4, 0.5) is 0 Å². The zero-order valence-electron chi connectivity index (χ0n) is 10.5. The molecule has 0 saturated carbocycles. The van der Waals surface area contributed by atoms with Crippen LogP contribution in [0.2, 0.25) is 5.02 Å². The van der Waals surface area contributed by atoms with Gasteiger partial charge in [-0.05, 0) is 42.3 Å². The predicted molar refractivity (Wildman–Crippen MR) is 74.5 cm³/mol. The SMILES string of the molecule is C[C@H](O)c1ccc(Oc2cccc(CO)c2)c(Cl)c1. The van der Waals surface area contributed by atoms with Crippen molar-refractivity contribution in [1.82, 2.24) is 0 Å². The number of benzene rings is 2. The highest BCUT2D eigenvalue weighted by molar-refractivity contribution is 6.32. The summed E-state index contributed by atoms with van der Waals surface area (Å²) in [5.74, 6) is 1.12. The van der Waals surface area contributed by atoms with Crippen LogP contribution in [0.15, 0.2) is 42.5 Å². The van der Waals surface area contributed by atoms with Crippen molar-refractivity contribution in [2.24, 2.45) is 0 Å². The highest BCUT2D eigenvalue weighted by Gasteiger charge is 2.07. The number of halogens is 1. The summed E-state index contributed by atoms with van der Waals surface area (Å²) >= 11 is 6.11. The maximum Gasteiger partial charge on any atom is 0.146 e. The highest BCUT2D eigenvalue weighted by atomic mass is 35.5. The fourth-order valence-electron chi connectivity index (χ4n) is 1.69. The number of rotatable bonds is 4. The van der Waals surface area contributed by atoms with E-state index < -0.39 is 6.10 Å². The summed E-state index contributed by atoms with van der Waals surface area (Å²) in [6.45, 7) is 1.64. The van der Waals surface area contributed by atoms with E-state index in [4.69, 9.17) is 21.4 Å². The second-order valence-electron chi connectivity index (χ2n) is 4.27. The van der Waals surface area contributed by atoms with Gasteiger partial charge in [0.15, 0.2) is 0 Å². The second-order valence-corrected chi connectivity index (χ2v) is 4.68. The topological polar surface area (TPSA) is 49.7 Å². The summed E-state index contributed by atoms with van der Waals surface area (Å²) in [6.07, 6.45) is -0.565. The molecule has 2 aromatic carbocycles. The van der Waals surface area contributed by atoms with E-state index in [0.717, 1.165) is 11.1 Å². The first-order valence-corrected chi connectivity index (χ1v) is 6.33. The Balaban J connectivity index is 2.23. The Labute approximate surface area is 117 Å². The molecule has 2 rings (SSSR count). The molecule has 2 N–H and O–H groups in total. The molecule has 0 aromatic heterocycles. The first-order valence-electron chi connectivity index (χ1n) is 5.95. The van der Waals surface area contributed by atoms with Gasteiger partial charge in [0.25, 0.3) is 0 Å². The van der Waals surface area contributed by atoms with Crippen molar-refractivity contribution in [3.63, 3.8) is 0 Å². The maximum absolute atomic E-state index is 9.47. The number of ether oxygens (including phenoxy) is 1. The van der Waals surface area contributed by atoms with Crippen LogP contribution in [-0.4, -0.2) is 10.2 Å². The van der Waals surface area contributed by atoms with Crippen LogP contribution in [0.3, 0.4) is 0 Å². The molecule has 4 heteroatoms. The van der Waals surface area contributed by atoms with Crippen molar-refractivity contribution in [3.8, 4) is 11.5 Å². The van der Waals surface area contributed by atoms with Gasteiger partial charge in [-0.3, -0.25) is 0 Å². The molecule has 0 heterocycles. The Morgan fingerprint density at radius 2 is 2.00 bits per heavy atom. The van der Waals surface area contributed by atoms with Gasteiger partial charge in [0, 0.05) is 0 Å². The average molecular weight is 279 g/mol. The van der Waals surface area contributed by atoms with Gasteiger partial charge in [-0.1, -0.05) is 29.8 Å². The van der Waals surface area contributed by atoms with Crippen LogP contribution in [0.5, 0.6) is 11.5 Å². The first-order chi connectivity index (χ1) is 9.10. The molecule has 0 aliphatic rings. The second kappa shape index (κ2) is 6.06. The molecule has 0 fully saturated rings. The Kier molecular flexibility index (Phi) is 4.43. The van der Waals surface area contributed by atoms with Crippen molar-refractivity contribution in [1.29, 1.82) is 0 Å². The Hall–Kier alpha value is -1.55. The van der Waals surface area contributed by atoms with Gasteiger partial charge >= 0.3 is 0 Å². The highest BCUT2D eigenvalue weighted by Crippen LogP contribution is 2.31. The Morgan fingerprint density at radius 3 is 2.63 bits per heavy atom. The quantitative estimate of drug-likeness (QED) is 0.897. The summed E-state index contributed by atoms with van der Waals surface area (Å²) < 4.78 is 5.66. The minimum Gasteiger partial charge on any atom is -0.456 e. The van der Waals surface area contributed by atoms with Gasteiger partial charge in [-0.15, -0.1) is 0 Å². The Bertz CT molecular complexity index is 567. The van der Waals surface area contributed by atoms with Crippen molar-refractivity contribution in [3.05, 3.63) is 58.6 Å². The molecule has 0 saturated heterocycles. The van der Waals surface area contributed by atoms with Crippen LogP contribution in [0.25, 0.3) is 0 Å². The summed E-state index contributed by atoms with van der Waals surface area (Å²) in [7, 11) is 0. The zero-order valence-corrected chi connectivity index (χ0v) is 11.3. The van der Waals surface area contributed by atoms with E-state index >= 15 is 0 Å². The number of hydrogen-bond acceptors (Lipinski definition) is 3. The molecule has 100 valence electrons. The summed E-state index contributed by atoms with van der Waals surface area (Å²) in [5, 5.41) is 19.0.